The van der Waals surface area contributed by atoms with Gasteiger partial charge in [0, 0.05) is 19.2 Å². The van der Waals surface area contributed by atoms with Crippen LogP contribution in [0.1, 0.15) is 18.1 Å². The molecule has 1 unspecified atom stereocenters. The summed E-state index contributed by atoms with van der Waals surface area (Å²) in [5.74, 6) is 0.0578. The number of aliphatic hydroxyl groups excluding tert-OH is 1. The molecule has 0 saturated carbocycles. The topological polar surface area (TPSA) is 117 Å². The van der Waals surface area contributed by atoms with Crippen LogP contribution < -0.4 is 20.1 Å². The average Bonchev–Trinajstić information content (AvgIpc) is 2.51. The van der Waals surface area contributed by atoms with Crippen LogP contribution in [0, 0.1) is 0 Å². The highest BCUT2D eigenvalue weighted by Gasteiger charge is 2.12. The molecule has 0 aliphatic carbocycles. The molecule has 0 fully saturated rings. The summed E-state index contributed by atoms with van der Waals surface area (Å²) in [6.07, 6.45) is -1.11. The number of carbonyl (C=O) groups is 2. The van der Waals surface area contributed by atoms with E-state index in [4.69, 9.17) is 14.6 Å². The van der Waals surface area contributed by atoms with Crippen LogP contribution in [0.5, 0.6) is 11.5 Å². The molecule has 0 bridgehead atoms. The predicted octanol–water partition coefficient (Wildman–Crippen LogP) is 0.511. The van der Waals surface area contributed by atoms with Gasteiger partial charge in [-0.3, -0.25) is 4.79 Å². The molecule has 8 heteroatoms. The number of aliphatic carboxylic acids is 1. The van der Waals surface area contributed by atoms with Gasteiger partial charge >= 0.3 is 12.0 Å². The lowest BCUT2D eigenvalue weighted by Gasteiger charge is -2.15. The van der Waals surface area contributed by atoms with Crippen LogP contribution in [-0.4, -0.2) is 49.5 Å². The fourth-order valence-corrected chi connectivity index (χ4v) is 1.67. The summed E-state index contributed by atoms with van der Waals surface area (Å²) in [7, 11) is 3.00. The zero-order chi connectivity index (χ0) is 16.5. The summed E-state index contributed by atoms with van der Waals surface area (Å²) in [5.41, 5.74) is 0.530. The van der Waals surface area contributed by atoms with Crippen molar-refractivity contribution in [2.75, 3.05) is 27.3 Å². The maximum atomic E-state index is 11.4. The summed E-state index contributed by atoms with van der Waals surface area (Å²) in [6.45, 7) is -0.0144. The number of benzene rings is 1. The number of hydrogen-bond acceptors (Lipinski definition) is 5. The fraction of sp³-hybridized carbons (Fsp3) is 0.429. The predicted molar refractivity (Wildman–Crippen MR) is 78.2 cm³/mol. The van der Waals surface area contributed by atoms with E-state index in [0.29, 0.717) is 17.1 Å². The van der Waals surface area contributed by atoms with Crippen LogP contribution in [0.15, 0.2) is 18.2 Å². The third-order valence-electron chi connectivity index (χ3n) is 2.84. The van der Waals surface area contributed by atoms with Crippen LogP contribution >= 0.6 is 0 Å². The Morgan fingerprint density at radius 2 is 1.73 bits per heavy atom. The molecular weight excluding hydrogens is 292 g/mol. The first-order valence-corrected chi connectivity index (χ1v) is 6.60. The van der Waals surface area contributed by atoms with E-state index in [1.54, 1.807) is 18.2 Å². The molecule has 0 spiro atoms. The number of ether oxygens (including phenoxy) is 2. The lowest BCUT2D eigenvalue weighted by molar-refractivity contribution is -0.136. The highest BCUT2D eigenvalue weighted by molar-refractivity contribution is 5.75. The van der Waals surface area contributed by atoms with Crippen molar-refractivity contribution in [1.82, 2.24) is 10.6 Å². The van der Waals surface area contributed by atoms with Crippen molar-refractivity contribution < 1.29 is 29.3 Å². The Morgan fingerprint density at radius 1 is 1.14 bits per heavy atom. The smallest absolute Gasteiger partial charge is 0.314 e. The van der Waals surface area contributed by atoms with E-state index in [2.05, 4.69) is 10.6 Å². The monoisotopic (exact) mass is 312 g/mol. The Bertz CT molecular complexity index is 498. The lowest BCUT2D eigenvalue weighted by Crippen LogP contribution is -2.38. The highest BCUT2D eigenvalue weighted by atomic mass is 16.5. The number of methoxy groups -OCH3 is 2. The van der Waals surface area contributed by atoms with Gasteiger partial charge in [-0.2, -0.15) is 0 Å². The minimum Gasteiger partial charge on any atom is -0.497 e. The van der Waals surface area contributed by atoms with Gasteiger partial charge in [-0.1, -0.05) is 0 Å². The minimum absolute atomic E-state index is 0.0181. The number of carbonyl (C=O) groups excluding carboxylic acids is 1. The summed E-state index contributed by atoms with van der Waals surface area (Å²) >= 11 is 0. The molecule has 0 heterocycles. The summed E-state index contributed by atoms with van der Waals surface area (Å²) in [4.78, 5) is 21.7. The molecule has 0 radical (unpaired) electrons. The first-order valence-electron chi connectivity index (χ1n) is 6.60. The molecule has 0 aromatic heterocycles. The molecular formula is C14H20N2O6. The summed E-state index contributed by atoms with van der Waals surface area (Å²) in [6, 6.07) is 4.39. The quantitative estimate of drug-likeness (QED) is 0.556. The van der Waals surface area contributed by atoms with E-state index in [1.165, 1.54) is 14.2 Å². The van der Waals surface area contributed by atoms with Crippen LogP contribution in [-0.2, 0) is 4.79 Å². The number of carboxylic acids is 1. The van der Waals surface area contributed by atoms with Gasteiger partial charge in [-0.05, 0) is 17.7 Å². The van der Waals surface area contributed by atoms with E-state index < -0.39 is 18.1 Å². The fourth-order valence-electron chi connectivity index (χ4n) is 1.67. The Balaban J connectivity index is 2.52. The SMILES string of the molecule is COc1cc(OC)cc(C(O)CNC(=O)NCCC(=O)O)c1. The van der Waals surface area contributed by atoms with Crippen LogP contribution in [0.2, 0.25) is 0 Å². The van der Waals surface area contributed by atoms with Crippen molar-refractivity contribution in [2.45, 2.75) is 12.5 Å². The van der Waals surface area contributed by atoms with Gasteiger partial charge in [0.05, 0.1) is 26.7 Å². The third kappa shape index (κ3) is 5.88. The molecule has 1 aromatic rings. The maximum absolute atomic E-state index is 11.4. The molecule has 1 aromatic carbocycles. The number of amides is 2. The molecule has 1 rings (SSSR count). The number of aliphatic hydroxyl groups is 1. The molecule has 4 N–H and O–H groups in total. The second-order valence-corrected chi connectivity index (χ2v) is 4.44. The number of carboxylic acid groups (broad SMARTS) is 1. The highest BCUT2D eigenvalue weighted by Crippen LogP contribution is 2.26. The Morgan fingerprint density at radius 3 is 2.23 bits per heavy atom. The lowest BCUT2D eigenvalue weighted by atomic mass is 10.1. The Labute approximate surface area is 128 Å². The van der Waals surface area contributed by atoms with Gasteiger partial charge in [0.25, 0.3) is 0 Å². The van der Waals surface area contributed by atoms with Gasteiger partial charge in [-0.25, -0.2) is 4.79 Å². The van der Waals surface area contributed by atoms with Crippen molar-refractivity contribution in [3.8, 4) is 11.5 Å². The summed E-state index contributed by atoms with van der Waals surface area (Å²) in [5, 5.41) is 23.4. The molecule has 1 atom stereocenters. The van der Waals surface area contributed by atoms with Crippen LogP contribution in [0.4, 0.5) is 4.79 Å². The molecule has 8 nitrogen and oxygen atoms in total. The van der Waals surface area contributed by atoms with Crippen molar-refractivity contribution in [3.63, 3.8) is 0 Å². The molecule has 0 saturated heterocycles. The number of hydrogen-bond donors (Lipinski definition) is 4. The molecule has 0 aliphatic heterocycles. The Hall–Kier alpha value is -2.48. The van der Waals surface area contributed by atoms with Gasteiger partial charge < -0.3 is 30.3 Å². The zero-order valence-electron chi connectivity index (χ0n) is 12.5. The molecule has 22 heavy (non-hydrogen) atoms. The van der Waals surface area contributed by atoms with E-state index in [9.17, 15) is 14.7 Å². The second-order valence-electron chi connectivity index (χ2n) is 4.44. The number of urea groups is 1. The van der Waals surface area contributed by atoms with E-state index in [0.717, 1.165) is 0 Å². The average molecular weight is 312 g/mol. The standard InChI is InChI=1S/C14H20N2O6/c1-21-10-5-9(6-11(7-10)22-2)12(17)8-16-14(20)15-4-3-13(18)19/h5-7,12,17H,3-4,8H2,1-2H3,(H,18,19)(H2,15,16,20). The number of rotatable bonds is 8. The van der Waals surface area contributed by atoms with E-state index >= 15 is 0 Å². The van der Waals surface area contributed by atoms with Crippen molar-refractivity contribution in [3.05, 3.63) is 23.8 Å². The normalized spacial score (nSPS) is 11.4. The number of nitrogens with one attached hydrogen (secondary N) is 2. The second kappa shape index (κ2) is 8.73. The van der Waals surface area contributed by atoms with Crippen LogP contribution in [0.25, 0.3) is 0 Å². The zero-order valence-corrected chi connectivity index (χ0v) is 12.5. The molecule has 0 aliphatic rings. The van der Waals surface area contributed by atoms with Crippen molar-refractivity contribution in [2.24, 2.45) is 0 Å². The third-order valence-corrected chi connectivity index (χ3v) is 2.84. The van der Waals surface area contributed by atoms with Crippen molar-refractivity contribution >= 4 is 12.0 Å². The van der Waals surface area contributed by atoms with Gasteiger partial charge in [-0.15, -0.1) is 0 Å². The first-order chi connectivity index (χ1) is 10.5. The van der Waals surface area contributed by atoms with Gasteiger partial charge in [0.15, 0.2) is 0 Å². The minimum atomic E-state index is -0.996. The maximum Gasteiger partial charge on any atom is 0.314 e. The molecule has 2 amide bonds. The van der Waals surface area contributed by atoms with Gasteiger partial charge in [0.2, 0.25) is 0 Å². The molecule has 122 valence electrons. The summed E-state index contributed by atoms with van der Waals surface area (Å²) < 4.78 is 10.2. The first kappa shape index (κ1) is 17.6. The largest absolute Gasteiger partial charge is 0.497 e. The van der Waals surface area contributed by atoms with E-state index in [-0.39, 0.29) is 19.5 Å². The Kier molecular flexibility index (Phi) is 6.97. The van der Waals surface area contributed by atoms with Crippen LogP contribution in [0.3, 0.4) is 0 Å². The van der Waals surface area contributed by atoms with Crippen molar-refractivity contribution in [1.29, 1.82) is 0 Å². The van der Waals surface area contributed by atoms with E-state index in [1.807, 2.05) is 0 Å². The van der Waals surface area contributed by atoms with Gasteiger partial charge in [0.1, 0.15) is 11.5 Å².